The molecule has 1 N–H and O–H groups in total. The molecule has 1 unspecified atom stereocenters. The minimum atomic E-state index is -0.629. The smallest absolute Gasteiger partial charge is 0.267 e. The van der Waals surface area contributed by atoms with Crippen LogP contribution in [0.15, 0.2) is 72.8 Å². The number of benzene rings is 3. The molecule has 1 atom stereocenters. The molecule has 6 heteroatoms. The lowest BCUT2D eigenvalue weighted by Crippen LogP contribution is -2.46. The van der Waals surface area contributed by atoms with Crippen molar-refractivity contribution in [3.05, 3.63) is 89.5 Å². The van der Waals surface area contributed by atoms with Crippen LogP contribution in [0, 0.1) is 6.92 Å². The molecule has 2 amide bonds. The van der Waals surface area contributed by atoms with Crippen LogP contribution in [-0.2, 0) is 9.59 Å². The van der Waals surface area contributed by atoms with Gasteiger partial charge >= 0.3 is 0 Å². The van der Waals surface area contributed by atoms with Gasteiger partial charge in [-0.1, -0.05) is 50.2 Å². The minimum absolute atomic E-state index is 0.126. The molecule has 4 rings (SSSR count). The highest BCUT2D eigenvalue weighted by Gasteiger charge is 2.31. The summed E-state index contributed by atoms with van der Waals surface area (Å²) in [6, 6.07) is 21.3. The monoisotopic (exact) mass is 484 g/mol. The second-order valence-corrected chi connectivity index (χ2v) is 9.24. The third kappa shape index (κ3) is 6.13. The first kappa shape index (κ1) is 25.0. The molecule has 3 aromatic carbocycles. The minimum Gasteiger partial charge on any atom is -0.492 e. The molecule has 0 radical (unpaired) electrons. The summed E-state index contributed by atoms with van der Waals surface area (Å²) in [5, 5.41) is 2.87. The number of rotatable bonds is 8. The van der Waals surface area contributed by atoms with Crippen molar-refractivity contribution in [3.8, 4) is 11.5 Å². The normalized spacial score (nSPS) is 15.1. The second-order valence-electron chi connectivity index (χ2n) is 9.24. The largest absolute Gasteiger partial charge is 0.492 e. The fourth-order valence-corrected chi connectivity index (χ4v) is 4.03. The van der Waals surface area contributed by atoms with Gasteiger partial charge in [0.25, 0.3) is 5.91 Å². The van der Waals surface area contributed by atoms with Crippen molar-refractivity contribution in [2.75, 3.05) is 23.4 Å². The predicted octanol–water partition coefficient (Wildman–Crippen LogP) is 5.96. The Labute approximate surface area is 212 Å². The van der Waals surface area contributed by atoms with E-state index >= 15 is 0 Å². The van der Waals surface area contributed by atoms with E-state index in [2.05, 4.69) is 31.3 Å². The first-order valence-electron chi connectivity index (χ1n) is 12.2. The summed E-state index contributed by atoms with van der Waals surface area (Å²) in [5.74, 6) is 1.41. The number of carbonyl (C=O) groups excluding carboxylic acids is 2. The molecule has 36 heavy (non-hydrogen) atoms. The Kier molecular flexibility index (Phi) is 7.74. The van der Waals surface area contributed by atoms with Gasteiger partial charge in [-0.25, -0.2) is 0 Å². The van der Waals surface area contributed by atoms with E-state index in [1.807, 2.05) is 43.3 Å². The van der Waals surface area contributed by atoms with Crippen molar-refractivity contribution in [2.24, 2.45) is 0 Å². The Morgan fingerprint density at radius 1 is 1.11 bits per heavy atom. The van der Waals surface area contributed by atoms with Crippen LogP contribution in [0.4, 0.5) is 11.4 Å². The fourth-order valence-electron chi connectivity index (χ4n) is 4.03. The number of ether oxygens (including phenoxy) is 2. The quantitative estimate of drug-likeness (QED) is 0.401. The van der Waals surface area contributed by atoms with Gasteiger partial charge in [0, 0.05) is 17.8 Å². The van der Waals surface area contributed by atoms with Gasteiger partial charge < -0.3 is 19.7 Å². The van der Waals surface area contributed by atoms with E-state index in [4.69, 9.17) is 9.47 Å². The number of nitrogens with zero attached hydrogens (tertiary/aromatic N) is 1. The lowest BCUT2D eigenvalue weighted by atomic mass is 10.0. The van der Waals surface area contributed by atoms with Gasteiger partial charge in [-0.15, -0.1) is 0 Å². The molecule has 1 aliphatic rings. The van der Waals surface area contributed by atoms with Crippen molar-refractivity contribution < 1.29 is 19.1 Å². The first-order chi connectivity index (χ1) is 17.3. The summed E-state index contributed by atoms with van der Waals surface area (Å²) in [4.78, 5) is 27.0. The molecule has 0 aromatic heterocycles. The van der Waals surface area contributed by atoms with Crippen molar-refractivity contribution in [2.45, 2.75) is 39.7 Å². The van der Waals surface area contributed by atoms with Gasteiger partial charge in [0.15, 0.2) is 6.10 Å². The van der Waals surface area contributed by atoms with E-state index in [9.17, 15) is 9.59 Å². The molecule has 0 fully saturated rings. The van der Waals surface area contributed by atoms with E-state index in [-0.39, 0.29) is 11.8 Å². The topological polar surface area (TPSA) is 67.9 Å². The molecule has 6 nitrogen and oxygen atoms in total. The SMILES string of the molecule is Cc1cccc(OCCN2C(=O)C(C)Oc3cc(NC(=O)C=Cc4ccc(C(C)C)cc4)ccc32)c1. The van der Waals surface area contributed by atoms with Crippen LogP contribution in [0.2, 0.25) is 0 Å². The summed E-state index contributed by atoms with van der Waals surface area (Å²) in [6.45, 7) is 8.76. The molecular weight excluding hydrogens is 452 g/mol. The number of fused-ring (bicyclic) bond motifs is 1. The highest BCUT2D eigenvalue weighted by molar-refractivity contribution is 6.03. The van der Waals surface area contributed by atoms with Crippen molar-refractivity contribution >= 4 is 29.3 Å². The van der Waals surface area contributed by atoms with Crippen LogP contribution in [-0.4, -0.2) is 31.1 Å². The van der Waals surface area contributed by atoms with Crippen molar-refractivity contribution in [1.29, 1.82) is 0 Å². The standard InChI is InChI=1S/C30H32N2O4/c1-20(2)24-11-8-23(9-12-24)10-15-29(33)31-25-13-14-27-28(19-25)36-22(4)30(34)32(27)16-17-35-26-7-5-6-21(3)18-26/h5-15,18-20,22H,16-17H2,1-4H3,(H,31,33). The lowest BCUT2D eigenvalue weighted by molar-refractivity contribution is -0.125. The molecule has 1 aliphatic heterocycles. The maximum Gasteiger partial charge on any atom is 0.267 e. The van der Waals surface area contributed by atoms with Gasteiger partial charge in [-0.3, -0.25) is 9.59 Å². The molecule has 0 bridgehead atoms. The average Bonchev–Trinajstić information content (AvgIpc) is 2.85. The Bertz CT molecular complexity index is 1260. The van der Waals surface area contributed by atoms with E-state index in [1.165, 1.54) is 11.6 Å². The number of anilines is 2. The third-order valence-electron chi connectivity index (χ3n) is 6.04. The van der Waals surface area contributed by atoms with Gasteiger partial charge in [0.2, 0.25) is 5.91 Å². The fraction of sp³-hybridized carbons (Fsp3) is 0.267. The number of nitrogens with one attached hydrogen (secondary N) is 1. The van der Waals surface area contributed by atoms with Gasteiger partial charge in [0.1, 0.15) is 18.1 Å². The molecule has 186 valence electrons. The molecule has 1 heterocycles. The van der Waals surface area contributed by atoms with Crippen LogP contribution in [0.25, 0.3) is 6.08 Å². The van der Waals surface area contributed by atoms with Crippen LogP contribution in [0.5, 0.6) is 11.5 Å². The molecular formula is C30H32N2O4. The zero-order valence-corrected chi connectivity index (χ0v) is 21.2. The van der Waals surface area contributed by atoms with Crippen LogP contribution < -0.4 is 19.7 Å². The predicted molar refractivity (Wildman–Crippen MR) is 144 cm³/mol. The zero-order valence-electron chi connectivity index (χ0n) is 21.2. The Morgan fingerprint density at radius 3 is 2.61 bits per heavy atom. The van der Waals surface area contributed by atoms with Crippen molar-refractivity contribution in [3.63, 3.8) is 0 Å². The Hall–Kier alpha value is -4.06. The second kappa shape index (κ2) is 11.1. The van der Waals surface area contributed by atoms with E-state index < -0.39 is 6.10 Å². The van der Waals surface area contributed by atoms with Crippen LogP contribution in [0.1, 0.15) is 43.4 Å². The summed E-state index contributed by atoms with van der Waals surface area (Å²) in [6.07, 6.45) is 2.66. The van der Waals surface area contributed by atoms with E-state index in [0.717, 1.165) is 16.9 Å². The Balaban J connectivity index is 1.40. The van der Waals surface area contributed by atoms with Gasteiger partial charge in [-0.05, 0) is 66.8 Å². The Morgan fingerprint density at radius 2 is 1.89 bits per heavy atom. The van der Waals surface area contributed by atoms with Crippen LogP contribution in [0.3, 0.4) is 0 Å². The maximum absolute atomic E-state index is 12.8. The first-order valence-corrected chi connectivity index (χ1v) is 12.2. The summed E-state index contributed by atoms with van der Waals surface area (Å²) < 4.78 is 11.7. The molecule has 0 saturated carbocycles. The highest BCUT2D eigenvalue weighted by atomic mass is 16.5. The lowest BCUT2D eigenvalue weighted by Gasteiger charge is -2.33. The number of amides is 2. The van der Waals surface area contributed by atoms with Crippen LogP contribution >= 0.6 is 0 Å². The highest BCUT2D eigenvalue weighted by Crippen LogP contribution is 2.36. The third-order valence-corrected chi connectivity index (χ3v) is 6.04. The van der Waals surface area contributed by atoms with Crippen molar-refractivity contribution in [1.82, 2.24) is 0 Å². The number of hydrogen-bond acceptors (Lipinski definition) is 4. The zero-order chi connectivity index (χ0) is 25.7. The average molecular weight is 485 g/mol. The summed E-state index contributed by atoms with van der Waals surface area (Å²) in [5.41, 5.74) is 4.58. The molecule has 0 aliphatic carbocycles. The molecule has 0 saturated heterocycles. The van der Waals surface area contributed by atoms with E-state index in [0.29, 0.717) is 36.2 Å². The van der Waals surface area contributed by atoms with Gasteiger partial charge in [0.05, 0.1) is 12.2 Å². The maximum atomic E-state index is 12.8. The van der Waals surface area contributed by atoms with E-state index in [1.54, 1.807) is 36.1 Å². The summed E-state index contributed by atoms with van der Waals surface area (Å²) >= 11 is 0. The number of aryl methyl sites for hydroxylation is 1. The number of carbonyl (C=O) groups is 2. The summed E-state index contributed by atoms with van der Waals surface area (Å²) in [7, 11) is 0. The van der Waals surface area contributed by atoms with Gasteiger partial charge in [-0.2, -0.15) is 0 Å². The molecule has 3 aromatic rings. The number of hydrogen-bond donors (Lipinski definition) is 1. The molecule has 0 spiro atoms.